The van der Waals surface area contributed by atoms with Gasteiger partial charge in [-0.15, -0.1) is 0 Å². The number of fused-ring (bicyclic) bond motifs is 7. The van der Waals surface area contributed by atoms with Crippen molar-refractivity contribution in [1.82, 2.24) is 34.9 Å². The van der Waals surface area contributed by atoms with Crippen LogP contribution >= 0.6 is 11.6 Å². The van der Waals surface area contributed by atoms with Gasteiger partial charge in [0.2, 0.25) is 0 Å². The summed E-state index contributed by atoms with van der Waals surface area (Å²) in [6.45, 7) is 3.47. The van der Waals surface area contributed by atoms with Gasteiger partial charge in [0.25, 0.3) is 0 Å². The van der Waals surface area contributed by atoms with Gasteiger partial charge in [-0.3, -0.25) is 15.0 Å². The summed E-state index contributed by atoms with van der Waals surface area (Å²) >= 11 is 6.81. The highest BCUT2D eigenvalue weighted by atomic mass is 35.5. The number of halogens is 3. The van der Waals surface area contributed by atoms with Gasteiger partial charge in [0.15, 0.2) is 5.82 Å². The molecular formula is C33H35ClF2N8O3. The number of carbonyl (C=O) groups is 1. The zero-order chi connectivity index (χ0) is 31.9. The van der Waals surface area contributed by atoms with Gasteiger partial charge in [0, 0.05) is 54.8 Å². The lowest BCUT2D eigenvalue weighted by atomic mass is 9.92. The number of rotatable bonds is 3. The quantitative estimate of drug-likeness (QED) is 0.312. The number of aromatic nitrogens is 5. The molecule has 1 amide bonds. The van der Waals surface area contributed by atoms with Crippen molar-refractivity contribution in [2.24, 2.45) is 5.92 Å². The fraction of sp³-hybridized carbons (Fsp3) is 0.545. The summed E-state index contributed by atoms with van der Waals surface area (Å²) in [6.07, 6.45) is 6.93. The summed E-state index contributed by atoms with van der Waals surface area (Å²) in [5, 5.41) is 8.70. The van der Waals surface area contributed by atoms with E-state index in [1.807, 2.05) is 4.90 Å². The van der Waals surface area contributed by atoms with Gasteiger partial charge < -0.3 is 19.3 Å². The molecule has 4 fully saturated rings. The summed E-state index contributed by atoms with van der Waals surface area (Å²) in [5.41, 5.74) is 1.61. The van der Waals surface area contributed by atoms with Crippen LogP contribution < -0.4 is 9.64 Å². The van der Waals surface area contributed by atoms with Crippen molar-refractivity contribution in [3.63, 3.8) is 0 Å². The molecule has 0 radical (unpaired) electrons. The van der Waals surface area contributed by atoms with Crippen molar-refractivity contribution < 1.29 is 23.0 Å². The molecule has 4 saturated heterocycles. The Hall–Kier alpha value is -3.84. The molecule has 6 aliphatic heterocycles. The Morgan fingerprint density at radius 2 is 2.02 bits per heavy atom. The van der Waals surface area contributed by atoms with Crippen molar-refractivity contribution >= 4 is 45.3 Å². The van der Waals surface area contributed by atoms with Crippen molar-refractivity contribution in [3.05, 3.63) is 34.9 Å². The average molecular weight is 665 g/mol. The number of piperidine rings is 1. The monoisotopic (exact) mass is 664 g/mol. The third-order valence-corrected chi connectivity index (χ3v) is 11.4. The van der Waals surface area contributed by atoms with Crippen molar-refractivity contribution in [2.45, 2.75) is 62.7 Å². The van der Waals surface area contributed by atoms with Crippen LogP contribution in [0.5, 0.6) is 6.01 Å². The first-order valence-corrected chi connectivity index (χ1v) is 17.0. The van der Waals surface area contributed by atoms with E-state index in [1.54, 1.807) is 18.5 Å². The molecule has 4 aromatic rings. The maximum absolute atomic E-state index is 17.1. The number of ether oxygens (including phenoxy) is 2. The summed E-state index contributed by atoms with van der Waals surface area (Å²) in [7, 11) is 0. The fourth-order valence-corrected chi connectivity index (χ4v) is 9.11. The highest BCUT2D eigenvalue weighted by Crippen LogP contribution is 2.43. The molecule has 9 heterocycles. The van der Waals surface area contributed by atoms with E-state index >= 15 is 4.39 Å². The number of hydrogen-bond acceptors (Lipinski definition) is 9. The number of pyridine rings is 1. The van der Waals surface area contributed by atoms with E-state index in [9.17, 15) is 9.18 Å². The normalized spacial score (nSPS) is 27.6. The van der Waals surface area contributed by atoms with Crippen LogP contribution in [-0.4, -0.2) is 105 Å². The number of amides is 1. The SMILES string of the molecule is O=C1OCCCc2c(Cl)cc3[nH]ncc3c2-c2ncc3c(nc(OC[C@@]45CCCN4C[C@H](F)C5)nc3c2F)N2CC[C@@H]3CCN1[C@@H]3C2. The molecule has 11 nitrogen and oxygen atoms in total. The minimum atomic E-state index is -0.904. The highest BCUT2D eigenvalue weighted by Gasteiger charge is 2.49. The van der Waals surface area contributed by atoms with Crippen LogP contribution in [0.25, 0.3) is 33.1 Å². The molecule has 47 heavy (non-hydrogen) atoms. The Kier molecular flexibility index (Phi) is 6.93. The van der Waals surface area contributed by atoms with E-state index in [0.717, 1.165) is 32.2 Å². The lowest BCUT2D eigenvalue weighted by molar-refractivity contribution is 0.0915. The number of anilines is 1. The van der Waals surface area contributed by atoms with Gasteiger partial charge in [0.05, 0.1) is 35.3 Å². The van der Waals surface area contributed by atoms with E-state index in [0.29, 0.717) is 89.6 Å². The van der Waals surface area contributed by atoms with Crippen molar-refractivity contribution in [3.8, 4) is 17.3 Å². The topological polar surface area (TPSA) is 113 Å². The second kappa shape index (κ2) is 11.1. The molecule has 6 aliphatic rings. The van der Waals surface area contributed by atoms with Crippen LogP contribution in [0.2, 0.25) is 5.02 Å². The van der Waals surface area contributed by atoms with Gasteiger partial charge in [-0.25, -0.2) is 13.6 Å². The predicted molar refractivity (Wildman–Crippen MR) is 171 cm³/mol. The van der Waals surface area contributed by atoms with Gasteiger partial charge in [-0.05, 0) is 62.6 Å². The lowest BCUT2D eigenvalue weighted by Gasteiger charge is -2.39. The van der Waals surface area contributed by atoms with Gasteiger partial charge in [-0.2, -0.15) is 15.1 Å². The molecule has 0 spiro atoms. The summed E-state index contributed by atoms with van der Waals surface area (Å²) in [4.78, 5) is 33.7. The first-order chi connectivity index (χ1) is 22.9. The lowest BCUT2D eigenvalue weighted by Crippen LogP contribution is -2.50. The summed E-state index contributed by atoms with van der Waals surface area (Å²) < 4.78 is 43.7. The number of H-pyrrole nitrogens is 1. The van der Waals surface area contributed by atoms with Crippen molar-refractivity contribution in [1.29, 1.82) is 0 Å². The number of benzene rings is 1. The Bertz CT molecular complexity index is 1910. The third-order valence-electron chi connectivity index (χ3n) is 11.1. The van der Waals surface area contributed by atoms with Gasteiger partial charge >= 0.3 is 12.1 Å². The molecule has 10 rings (SSSR count). The number of carbonyl (C=O) groups excluding carboxylic acids is 1. The number of alkyl halides is 1. The molecule has 0 aliphatic carbocycles. The third kappa shape index (κ3) is 4.71. The van der Waals surface area contributed by atoms with E-state index in [4.69, 9.17) is 31.0 Å². The molecule has 0 unspecified atom stereocenters. The van der Waals surface area contributed by atoms with E-state index in [2.05, 4.69) is 25.0 Å². The predicted octanol–water partition coefficient (Wildman–Crippen LogP) is 5.30. The Morgan fingerprint density at radius 1 is 1.13 bits per heavy atom. The van der Waals surface area contributed by atoms with Crippen LogP contribution in [0.1, 0.15) is 44.1 Å². The molecule has 3 aromatic heterocycles. The minimum Gasteiger partial charge on any atom is -0.461 e. The molecule has 0 saturated carbocycles. The molecule has 14 heteroatoms. The summed E-state index contributed by atoms with van der Waals surface area (Å²) in [5.74, 6) is 0.238. The molecule has 1 N–H and O–H groups in total. The van der Waals surface area contributed by atoms with E-state index < -0.39 is 17.5 Å². The van der Waals surface area contributed by atoms with Gasteiger partial charge in [0.1, 0.15) is 29.8 Å². The van der Waals surface area contributed by atoms with Gasteiger partial charge in [-0.1, -0.05) is 11.6 Å². The maximum Gasteiger partial charge on any atom is 0.410 e. The first-order valence-electron chi connectivity index (χ1n) is 16.6. The molecule has 1 aromatic carbocycles. The number of nitrogens with zero attached hydrogens (tertiary/aromatic N) is 7. The zero-order valence-electron chi connectivity index (χ0n) is 25.9. The number of hydrogen-bond donors (Lipinski definition) is 1. The molecule has 4 atom stereocenters. The standard InChI is InChI=1S/C33H35ClF2N8O3/c34-23-11-24-21(14-38-41-24)26-20(23)3-1-10-46-32(45)44-9-5-18-4-8-42(16-25(18)44)30-22-13-37-29(26)27(36)28(22)39-31(40-30)47-17-33-6-2-7-43(33)15-19(35)12-33/h11,13-14,18-19,25H,1-10,12,15-17H2,(H,38,41)/t18-,19-,25-,33+/m1/s1. The molecular weight excluding hydrogens is 630 g/mol. The number of aromatic amines is 1. The van der Waals surface area contributed by atoms with Crippen molar-refractivity contribution in [2.75, 3.05) is 50.8 Å². The maximum atomic E-state index is 17.1. The van der Waals surface area contributed by atoms with E-state index in [-0.39, 0.29) is 42.6 Å². The zero-order valence-corrected chi connectivity index (χ0v) is 26.6. The molecule has 246 valence electrons. The Morgan fingerprint density at radius 3 is 2.94 bits per heavy atom. The van der Waals surface area contributed by atoms with E-state index in [1.165, 1.54) is 0 Å². The number of nitrogens with one attached hydrogen (secondary N) is 1. The Balaban J connectivity index is 1.21. The second-order valence-corrected chi connectivity index (χ2v) is 14.1. The fourth-order valence-electron chi connectivity index (χ4n) is 8.82. The van der Waals surface area contributed by atoms with Crippen LogP contribution in [-0.2, 0) is 11.2 Å². The minimum absolute atomic E-state index is 0.0396. The summed E-state index contributed by atoms with van der Waals surface area (Å²) in [6, 6.07) is 1.75. The van der Waals surface area contributed by atoms with Crippen LogP contribution in [0.3, 0.4) is 0 Å². The highest BCUT2D eigenvalue weighted by molar-refractivity contribution is 6.33. The first kappa shape index (κ1) is 29.3. The van der Waals surface area contributed by atoms with Crippen LogP contribution in [0, 0.1) is 11.7 Å². The Labute approximate surface area is 274 Å². The van der Waals surface area contributed by atoms with Crippen LogP contribution in [0.4, 0.5) is 19.4 Å². The van der Waals surface area contributed by atoms with Crippen LogP contribution in [0.15, 0.2) is 18.5 Å². The average Bonchev–Trinajstić information content (AvgIpc) is 3.85. The second-order valence-electron chi connectivity index (χ2n) is 13.7. The smallest absolute Gasteiger partial charge is 0.410 e. The largest absolute Gasteiger partial charge is 0.461 e. The molecule has 6 bridgehead atoms.